The predicted molar refractivity (Wildman–Crippen MR) is 75.5 cm³/mol. The summed E-state index contributed by atoms with van der Waals surface area (Å²) in [7, 11) is 0. The first-order valence-corrected chi connectivity index (χ1v) is 7.39. The van der Waals surface area contributed by atoms with E-state index in [0.29, 0.717) is 5.92 Å². The van der Waals surface area contributed by atoms with Crippen LogP contribution in [-0.2, 0) is 4.79 Å². The van der Waals surface area contributed by atoms with Crippen LogP contribution in [0.5, 0.6) is 0 Å². The quantitative estimate of drug-likeness (QED) is 0.504. The van der Waals surface area contributed by atoms with Crippen LogP contribution in [0.15, 0.2) is 12.2 Å². The molecule has 2 nitrogen and oxygen atoms in total. The number of hydrogen-bond donors (Lipinski definition) is 1. The molecule has 0 aliphatic heterocycles. The molecule has 0 saturated heterocycles. The third-order valence-corrected chi connectivity index (χ3v) is 4.24. The van der Waals surface area contributed by atoms with Gasteiger partial charge in [0.05, 0.1) is 5.92 Å². The molecule has 1 aliphatic rings. The second-order valence-corrected chi connectivity index (χ2v) is 6.22. The summed E-state index contributed by atoms with van der Waals surface area (Å²) in [6.45, 7) is 6.44. The molecule has 2 heteroatoms. The number of carboxylic acids is 1. The third-order valence-electron chi connectivity index (χ3n) is 4.24. The van der Waals surface area contributed by atoms with Crippen molar-refractivity contribution in [2.45, 2.75) is 65.7 Å². The number of carbonyl (C=O) groups is 1. The Kier molecular flexibility index (Phi) is 5.90. The van der Waals surface area contributed by atoms with Crippen LogP contribution in [0, 0.1) is 17.3 Å². The molecule has 0 bridgehead atoms. The van der Waals surface area contributed by atoms with Crippen molar-refractivity contribution in [2.75, 3.05) is 0 Å². The monoisotopic (exact) mass is 252 g/mol. The van der Waals surface area contributed by atoms with E-state index >= 15 is 0 Å². The molecule has 1 N–H and O–H groups in total. The summed E-state index contributed by atoms with van der Waals surface area (Å²) in [6.07, 6.45) is 11.7. The summed E-state index contributed by atoms with van der Waals surface area (Å²) >= 11 is 0. The van der Waals surface area contributed by atoms with Crippen LogP contribution >= 0.6 is 0 Å². The first-order chi connectivity index (χ1) is 8.52. The summed E-state index contributed by atoms with van der Waals surface area (Å²) in [4.78, 5) is 11.6. The summed E-state index contributed by atoms with van der Waals surface area (Å²) in [6, 6.07) is 0. The smallest absolute Gasteiger partial charge is 0.307 e. The fourth-order valence-electron chi connectivity index (χ4n) is 3.19. The summed E-state index contributed by atoms with van der Waals surface area (Å²) in [5.74, 6) is -0.317. The molecule has 0 aromatic carbocycles. The lowest BCUT2D eigenvalue weighted by molar-refractivity contribution is -0.147. The van der Waals surface area contributed by atoms with Gasteiger partial charge >= 0.3 is 5.97 Å². The highest BCUT2D eigenvalue weighted by Crippen LogP contribution is 2.47. The maximum absolute atomic E-state index is 11.6. The number of aliphatic carboxylic acids is 1. The molecular weight excluding hydrogens is 224 g/mol. The topological polar surface area (TPSA) is 37.3 Å². The largest absolute Gasteiger partial charge is 0.481 e. The number of hydrogen-bond acceptors (Lipinski definition) is 1. The zero-order valence-corrected chi connectivity index (χ0v) is 12.1. The van der Waals surface area contributed by atoms with Gasteiger partial charge in [-0.05, 0) is 37.0 Å². The van der Waals surface area contributed by atoms with E-state index in [1.165, 1.54) is 19.3 Å². The minimum Gasteiger partial charge on any atom is -0.481 e. The van der Waals surface area contributed by atoms with Crippen LogP contribution in [0.3, 0.4) is 0 Å². The molecule has 0 aromatic heterocycles. The van der Waals surface area contributed by atoms with Gasteiger partial charge in [-0.3, -0.25) is 4.79 Å². The highest BCUT2D eigenvalue weighted by atomic mass is 16.4. The van der Waals surface area contributed by atoms with E-state index < -0.39 is 5.97 Å². The van der Waals surface area contributed by atoms with Crippen LogP contribution in [0.4, 0.5) is 0 Å². The van der Waals surface area contributed by atoms with Crippen LogP contribution in [0.1, 0.15) is 65.7 Å². The van der Waals surface area contributed by atoms with Gasteiger partial charge in [0.25, 0.3) is 0 Å². The summed E-state index contributed by atoms with van der Waals surface area (Å²) in [5.41, 5.74) is 0.00523. The van der Waals surface area contributed by atoms with Crippen molar-refractivity contribution >= 4 is 5.97 Å². The van der Waals surface area contributed by atoms with Crippen LogP contribution < -0.4 is 0 Å². The average molecular weight is 252 g/mol. The zero-order valence-electron chi connectivity index (χ0n) is 12.1. The maximum Gasteiger partial charge on any atom is 0.307 e. The number of allylic oxidation sites excluding steroid dienone is 2. The Hall–Kier alpha value is -0.790. The van der Waals surface area contributed by atoms with Crippen molar-refractivity contribution in [3.8, 4) is 0 Å². The van der Waals surface area contributed by atoms with Crippen molar-refractivity contribution in [1.82, 2.24) is 0 Å². The molecular formula is C16H28O2. The predicted octanol–water partition coefficient (Wildman–Crippen LogP) is 4.65. The molecule has 0 aromatic rings. The molecule has 0 fully saturated rings. The van der Waals surface area contributed by atoms with E-state index in [4.69, 9.17) is 0 Å². The fraction of sp³-hybridized carbons (Fsp3) is 0.812. The van der Waals surface area contributed by atoms with E-state index in [1.54, 1.807) is 0 Å². The van der Waals surface area contributed by atoms with Gasteiger partial charge in [-0.2, -0.15) is 0 Å². The lowest BCUT2D eigenvalue weighted by Gasteiger charge is -2.36. The van der Waals surface area contributed by atoms with Gasteiger partial charge in [0.2, 0.25) is 0 Å². The Labute approximate surface area is 111 Å². The molecule has 0 spiro atoms. The Balaban J connectivity index is 2.75. The number of rotatable bonds is 8. The van der Waals surface area contributed by atoms with Gasteiger partial charge in [-0.1, -0.05) is 52.2 Å². The van der Waals surface area contributed by atoms with Gasteiger partial charge in [0.15, 0.2) is 0 Å². The van der Waals surface area contributed by atoms with Gasteiger partial charge < -0.3 is 5.11 Å². The molecule has 0 radical (unpaired) electrons. The lowest BCUT2D eigenvalue weighted by Crippen LogP contribution is -2.35. The highest BCUT2D eigenvalue weighted by Gasteiger charge is 2.42. The Morgan fingerprint density at radius 1 is 1.28 bits per heavy atom. The second-order valence-electron chi connectivity index (χ2n) is 6.22. The number of carboxylic acid groups (broad SMARTS) is 1. The molecule has 18 heavy (non-hydrogen) atoms. The van der Waals surface area contributed by atoms with Gasteiger partial charge in [0.1, 0.15) is 0 Å². The van der Waals surface area contributed by atoms with E-state index in [2.05, 4.69) is 32.9 Å². The summed E-state index contributed by atoms with van der Waals surface area (Å²) < 4.78 is 0. The van der Waals surface area contributed by atoms with Crippen LogP contribution in [-0.4, -0.2) is 11.1 Å². The van der Waals surface area contributed by atoms with Crippen molar-refractivity contribution in [1.29, 1.82) is 0 Å². The van der Waals surface area contributed by atoms with E-state index in [0.717, 1.165) is 25.7 Å². The molecule has 0 unspecified atom stereocenters. The second kappa shape index (κ2) is 6.96. The Bertz CT molecular complexity index is 283. The molecule has 104 valence electrons. The van der Waals surface area contributed by atoms with E-state index in [1.807, 2.05) is 0 Å². The maximum atomic E-state index is 11.6. The van der Waals surface area contributed by atoms with E-state index in [9.17, 15) is 9.90 Å². The normalized spacial score (nSPS) is 19.3. The van der Waals surface area contributed by atoms with Crippen LogP contribution in [0.25, 0.3) is 0 Å². The van der Waals surface area contributed by atoms with Gasteiger partial charge in [-0.15, -0.1) is 0 Å². The highest BCUT2D eigenvalue weighted by molar-refractivity contribution is 5.71. The minimum absolute atomic E-state index is 0.00523. The van der Waals surface area contributed by atoms with Crippen molar-refractivity contribution in [3.63, 3.8) is 0 Å². The lowest BCUT2D eigenvalue weighted by atomic mass is 9.67. The van der Waals surface area contributed by atoms with Crippen molar-refractivity contribution in [2.24, 2.45) is 17.3 Å². The summed E-state index contributed by atoms with van der Waals surface area (Å²) in [5, 5.41) is 9.58. The minimum atomic E-state index is -0.594. The Morgan fingerprint density at radius 3 is 2.33 bits per heavy atom. The molecule has 0 amide bonds. The van der Waals surface area contributed by atoms with Crippen molar-refractivity contribution in [3.05, 3.63) is 12.2 Å². The van der Waals surface area contributed by atoms with E-state index in [-0.39, 0.29) is 11.3 Å². The van der Waals surface area contributed by atoms with Gasteiger partial charge in [0, 0.05) is 0 Å². The molecule has 0 heterocycles. The van der Waals surface area contributed by atoms with Crippen molar-refractivity contribution < 1.29 is 9.90 Å². The third kappa shape index (κ3) is 3.86. The first-order valence-electron chi connectivity index (χ1n) is 7.39. The Morgan fingerprint density at radius 2 is 1.89 bits per heavy atom. The molecule has 1 aliphatic carbocycles. The fourth-order valence-corrected chi connectivity index (χ4v) is 3.19. The zero-order chi connectivity index (χ0) is 13.6. The molecule has 0 saturated carbocycles. The molecule has 1 rings (SSSR count). The van der Waals surface area contributed by atoms with Gasteiger partial charge in [-0.25, -0.2) is 0 Å². The number of unbranched alkanes of at least 4 members (excludes halogenated alkanes) is 2. The average Bonchev–Trinajstić information content (AvgIpc) is 2.75. The standard InChI is InChI=1S/C16H28O2/c1-4-5-6-9-16(10-7-8-11-16)14(15(17)18)12-13(2)3/h7-8,13-14H,4-6,9-12H2,1-3H3,(H,17,18)/t14-/m0/s1. The van der Waals surface area contributed by atoms with Crippen LogP contribution in [0.2, 0.25) is 0 Å². The first kappa shape index (κ1) is 15.3. The SMILES string of the molecule is CCCCCC1([C@@H](CC(C)C)C(=O)O)CC=CC1. The molecule has 1 atom stereocenters.